The van der Waals surface area contributed by atoms with Crippen molar-refractivity contribution in [2.75, 3.05) is 13.2 Å². The van der Waals surface area contributed by atoms with Gasteiger partial charge >= 0.3 is 0 Å². The van der Waals surface area contributed by atoms with Crippen LogP contribution >= 0.6 is 0 Å². The lowest BCUT2D eigenvalue weighted by molar-refractivity contribution is -0.120. The summed E-state index contributed by atoms with van der Waals surface area (Å²) in [5, 5.41) is 3.01. The average molecular weight is 281 g/mol. The first-order valence-electron chi connectivity index (χ1n) is 7.26. The number of aryl methyl sites for hydroxylation is 1. The first kappa shape index (κ1) is 13.7. The number of para-hydroxylation sites is 1. The van der Waals surface area contributed by atoms with E-state index in [2.05, 4.69) is 11.4 Å². The fraction of sp³-hybridized carbons (Fsp3) is 0.278. The van der Waals surface area contributed by atoms with E-state index in [9.17, 15) is 4.79 Å². The number of benzene rings is 2. The molecular formula is C18H19NO2. The molecule has 1 unspecified atom stereocenters. The van der Waals surface area contributed by atoms with Crippen molar-refractivity contribution in [1.29, 1.82) is 0 Å². The van der Waals surface area contributed by atoms with Gasteiger partial charge in [-0.2, -0.15) is 0 Å². The molecule has 0 spiro atoms. The van der Waals surface area contributed by atoms with Crippen LogP contribution in [0.1, 0.15) is 22.6 Å². The molecule has 0 fully saturated rings. The molecule has 1 heterocycles. The summed E-state index contributed by atoms with van der Waals surface area (Å²) in [4.78, 5) is 12.0. The zero-order valence-electron chi connectivity index (χ0n) is 12.1. The Balaban J connectivity index is 1.54. The van der Waals surface area contributed by atoms with Gasteiger partial charge in [-0.1, -0.05) is 48.0 Å². The Labute approximate surface area is 124 Å². The Bertz CT molecular complexity index is 634. The second-order valence-corrected chi connectivity index (χ2v) is 5.51. The van der Waals surface area contributed by atoms with Crippen molar-refractivity contribution in [3.05, 3.63) is 65.2 Å². The van der Waals surface area contributed by atoms with Crippen molar-refractivity contribution < 1.29 is 9.53 Å². The molecule has 0 aliphatic carbocycles. The SMILES string of the molecule is Cc1ccc(CC(=O)NCC2COc3ccccc32)cc1. The van der Waals surface area contributed by atoms with E-state index < -0.39 is 0 Å². The minimum Gasteiger partial charge on any atom is -0.493 e. The number of hydrogen-bond acceptors (Lipinski definition) is 2. The van der Waals surface area contributed by atoms with E-state index in [0.29, 0.717) is 19.6 Å². The van der Waals surface area contributed by atoms with Crippen LogP contribution in [-0.2, 0) is 11.2 Å². The fourth-order valence-electron chi connectivity index (χ4n) is 2.59. The van der Waals surface area contributed by atoms with E-state index in [1.165, 1.54) is 11.1 Å². The van der Waals surface area contributed by atoms with Gasteiger partial charge in [-0.25, -0.2) is 0 Å². The number of carbonyl (C=O) groups is 1. The molecule has 1 N–H and O–H groups in total. The van der Waals surface area contributed by atoms with Crippen molar-refractivity contribution in [2.45, 2.75) is 19.3 Å². The zero-order valence-corrected chi connectivity index (χ0v) is 12.1. The molecule has 0 saturated carbocycles. The summed E-state index contributed by atoms with van der Waals surface area (Å²) < 4.78 is 5.62. The molecule has 21 heavy (non-hydrogen) atoms. The van der Waals surface area contributed by atoms with E-state index in [1.807, 2.05) is 49.4 Å². The summed E-state index contributed by atoms with van der Waals surface area (Å²) >= 11 is 0. The van der Waals surface area contributed by atoms with Crippen molar-refractivity contribution in [3.63, 3.8) is 0 Å². The third kappa shape index (κ3) is 3.24. The molecule has 0 radical (unpaired) electrons. The van der Waals surface area contributed by atoms with Gasteiger partial charge in [0.15, 0.2) is 0 Å². The monoisotopic (exact) mass is 281 g/mol. The van der Waals surface area contributed by atoms with Crippen molar-refractivity contribution >= 4 is 5.91 Å². The van der Waals surface area contributed by atoms with Gasteiger partial charge in [0.05, 0.1) is 13.0 Å². The highest BCUT2D eigenvalue weighted by molar-refractivity contribution is 5.78. The number of carbonyl (C=O) groups excluding carboxylic acids is 1. The van der Waals surface area contributed by atoms with E-state index in [1.54, 1.807) is 0 Å². The number of rotatable bonds is 4. The Morgan fingerprint density at radius 1 is 1.19 bits per heavy atom. The lowest BCUT2D eigenvalue weighted by atomic mass is 10.0. The van der Waals surface area contributed by atoms with E-state index in [-0.39, 0.29) is 11.8 Å². The molecule has 2 aromatic carbocycles. The molecule has 0 bridgehead atoms. The Kier molecular flexibility index (Phi) is 3.91. The van der Waals surface area contributed by atoms with Crippen LogP contribution in [0.4, 0.5) is 0 Å². The van der Waals surface area contributed by atoms with Crippen LogP contribution < -0.4 is 10.1 Å². The highest BCUT2D eigenvalue weighted by Gasteiger charge is 2.23. The summed E-state index contributed by atoms with van der Waals surface area (Å²) in [5.74, 6) is 1.25. The van der Waals surface area contributed by atoms with Gasteiger partial charge < -0.3 is 10.1 Å². The lowest BCUT2D eigenvalue weighted by Gasteiger charge is -2.10. The van der Waals surface area contributed by atoms with Crippen LogP contribution in [0.15, 0.2) is 48.5 Å². The van der Waals surface area contributed by atoms with Crippen LogP contribution in [-0.4, -0.2) is 19.1 Å². The average Bonchev–Trinajstić information content (AvgIpc) is 2.91. The molecule has 2 aromatic rings. The summed E-state index contributed by atoms with van der Waals surface area (Å²) in [7, 11) is 0. The number of fused-ring (bicyclic) bond motifs is 1. The topological polar surface area (TPSA) is 38.3 Å². The molecule has 3 nitrogen and oxygen atoms in total. The predicted molar refractivity (Wildman–Crippen MR) is 82.6 cm³/mol. The van der Waals surface area contributed by atoms with Crippen LogP contribution in [0.5, 0.6) is 5.75 Å². The molecule has 1 amide bonds. The van der Waals surface area contributed by atoms with Gasteiger partial charge in [-0.3, -0.25) is 4.79 Å². The van der Waals surface area contributed by atoms with E-state index in [0.717, 1.165) is 11.3 Å². The van der Waals surface area contributed by atoms with Crippen LogP contribution in [0.25, 0.3) is 0 Å². The fourth-order valence-corrected chi connectivity index (χ4v) is 2.59. The first-order chi connectivity index (χ1) is 10.2. The molecular weight excluding hydrogens is 262 g/mol. The number of hydrogen-bond donors (Lipinski definition) is 1. The Morgan fingerprint density at radius 2 is 1.95 bits per heavy atom. The predicted octanol–water partition coefficient (Wildman–Crippen LogP) is 2.83. The smallest absolute Gasteiger partial charge is 0.224 e. The van der Waals surface area contributed by atoms with Crippen LogP contribution in [0.2, 0.25) is 0 Å². The second kappa shape index (κ2) is 6.00. The Morgan fingerprint density at radius 3 is 2.76 bits per heavy atom. The quantitative estimate of drug-likeness (QED) is 0.936. The maximum absolute atomic E-state index is 12.0. The largest absolute Gasteiger partial charge is 0.493 e. The third-order valence-electron chi connectivity index (χ3n) is 3.83. The second-order valence-electron chi connectivity index (χ2n) is 5.51. The van der Waals surface area contributed by atoms with Gasteiger partial charge in [0.2, 0.25) is 5.91 Å². The summed E-state index contributed by atoms with van der Waals surface area (Å²) in [6.07, 6.45) is 0.426. The summed E-state index contributed by atoms with van der Waals surface area (Å²) in [6, 6.07) is 16.1. The maximum Gasteiger partial charge on any atom is 0.224 e. The molecule has 0 aromatic heterocycles. The Hall–Kier alpha value is -2.29. The number of ether oxygens (including phenoxy) is 1. The molecule has 108 valence electrons. The summed E-state index contributed by atoms with van der Waals surface area (Å²) in [6.45, 7) is 3.31. The molecule has 1 atom stereocenters. The van der Waals surface area contributed by atoms with E-state index >= 15 is 0 Å². The zero-order chi connectivity index (χ0) is 14.7. The van der Waals surface area contributed by atoms with Crippen molar-refractivity contribution in [1.82, 2.24) is 5.32 Å². The van der Waals surface area contributed by atoms with Gasteiger partial charge in [0, 0.05) is 18.0 Å². The minimum absolute atomic E-state index is 0.0586. The highest BCUT2D eigenvalue weighted by atomic mass is 16.5. The van der Waals surface area contributed by atoms with Crippen molar-refractivity contribution in [3.8, 4) is 5.75 Å². The standard InChI is InChI=1S/C18H19NO2/c1-13-6-8-14(9-7-13)10-18(20)19-11-15-12-21-17-5-3-2-4-16(15)17/h2-9,15H,10-12H2,1H3,(H,19,20). The normalized spacial score (nSPS) is 16.1. The van der Waals surface area contributed by atoms with Gasteiger partial charge in [-0.15, -0.1) is 0 Å². The molecule has 3 rings (SSSR count). The molecule has 0 saturated heterocycles. The van der Waals surface area contributed by atoms with Crippen molar-refractivity contribution in [2.24, 2.45) is 0 Å². The van der Waals surface area contributed by atoms with Crippen LogP contribution in [0.3, 0.4) is 0 Å². The molecule has 1 aliphatic rings. The van der Waals surface area contributed by atoms with Crippen LogP contribution in [0, 0.1) is 6.92 Å². The highest BCUT2D eigenvalue weighted by Crippen LogP contribution is 2.32. The number of nitrogens with one attached hydrogen (secondary N) is 1. The molecule has 3 heteroatoms. The third-order valence-corrected chi connectivity index (χ3v) is 3.83. The van der Waals surface area contributed by atoms with E-state index in [4.69, 9.17) is 4.74 Å². The van der Waals surface area contributed by atoms with Gasteiger partial charge in [0.1, 0.15) is 5.75 Å². The number of amides is 1. The minimum atomic E-state index is 0.0586. The van der Waals surface area contributed by atoms with Gasteiger partial charge in [-0.05, 0) is 18.6 Å². The first-order valence-corrected chi connectivity index (χ1v) is 7.26. The molecule has 1 aliphatic heterocycles. The maximum atomic E-state index is 12.0. The lowest BCUT2D eigenvalue weighted by Crippen LogP contribution is -2.30. The summed E-state index contributed by atoms with van der Waals surface area (Å²) in [5.41, 5.74) is 3.44. The van der Waals surface area contributed by atoms with Gasteiger partial charge in [0.25, 0.3) is 0 Å².